The van der Waals surface area contributed by atoms with Crippen LogP contribution < -0.4 is 10.6 Å². The van der Waals surface area contributed by atoms with Gasteiger partial charge in [-0.15, -0.1) is 10.2 Å². The van der Waals surface area contributed by atoms with Gasteiger partial charge in [-0.2, -0.15) is 0 Å². The molecule has 0 aliphatic carbocycles. The summed E-state index contributed by atoms with van der Waals surface area (Å²) < 4.78 is 0. The second-order valence-corrected chi connectivity index (χ2v) is 6.68. The van der Waals surface area contributed by atoms with Gasteiger partial charge in [0.1, 0.15) is 5.01 Å². The van der Waals surface area contributed by atoms with Crippen LogP contribution in [0.3, 0.4) is 0 Å². The minimum Gasteiger partial charge on any atom is -0.481 e. The molecule has 8 heteroatoms. The number of amides is 2. The molecule has 1 unspecified atom stereocenters. The number of anilines is 1. The molecular weight excluding hydrogens is 292 g/mol. The average molecular weight is 314 g/mol. The summed E-state index contributed by atoms with van der Waals surface area (Å²) in [6.45, 7) is 7.86. The second kappa shape index (κ2) is 7.92. The molecule has 7 nitrogen and oxygen atoms in total. The Bertz CT molecular complexity index is 488. The second-order valence-electron chi connectivity index (χ2n) is 5.62. The highest BCUT2D eigenvalue weighted by Gasteiger charge is 2.22. The molecule has 21 heavy (non-hydrogen) atoms. The van der Waals surface area contributed by atoms with Gasteiger partial charge in [-0.05, 0) is 11.8 Å². The van der Waals surface area contributed by atoms with Gasteiger partial charge in [0.05, 0.1) is 5.92 Å². The van der Waals surface area contributed by atoms with Crippen LogP contribution in [-0.2, 0) is 11.2 Å². The largest absolute Gasteiger partial charge is 0.481 e. The Morgan fingerprint density at radius 2 is 1.90 bits per heavy atom. The van der Waals surface area contributed by atoms with E-state index >= 15 is 0 Å². The molecule has 0 saturated heterocycles. The molecule has 118 valence electrons. The minimum absolute atomic E-state index is 0.0537. The lowest BCUT2D eigenvalue weighted by Gasteiger charge is -2.16. The molecule has 0 spiro atoms. The van der Waals surface area contributed by atoms with E-state index in [0.717, 1.165) is 11.4 Å². The quantitative estimate of drug-likeness (QED) is 0.716. The number of hydrogen-bond acceptors (Lipinski definition) is 5. The molecule has 0 fully saturated rings. The first-order chi connectivity index (χ1) is 9.79. The van der Waals surface area contributed by atoms with E-state index in [2.05, 4.69) is 34.7 Å². The highest BCUT2D eigenvalue weighted by molar-refractivity contribution is 7.15. The summed E-state index contributed by atoms with van der Waals surface area (Å²) >= 11 is 1.33. The van der Waals surface area contributed by atoms with E-state index in [1.807, 2.05) is 0 Å². The first kappa shape index (κ1) is 17.4. The number of nitrogens with one attached hydrogen (secondary N) is 2. The zero-order valence-corrected chi connectivity index (χ0v) is 13.5. The number of hydrogen-bond donors (Lipinski definition) is 3. The number of aliphatic carboxylic acids is 1. The monoisotopic (exact) mass is 314 g/mol. The van der Waals surface area contributed by atoms with Crippen LogP contribution in [0.4, 0.5) is 9.93 Å². The molecule has 2 amide bonds. The average Bonchev–Trinajstić information content (AvgIpc) is 2.74. The number of carboxylic acids is 1. The topological polar surface area (TPSA) is 104 Å². The lowest BCUT2D eigenvalue weighted by molar-refractivity contribution is -0.142. The van der Waals surface area contributed by atoms with E-state index < -0.39 is 17.9 Å². The van der Waals surface area contributed by atoms with Gasteiger partial charge in [0.2, 0.25) is 5.13 Å². The highest BCUT2D eigenvalue weighted by Crippen LogP contribution is 2.18. The van der Waals surface area contributed by atoms with Gasteiger partial charge < -0.3 is 10.4 Å². The maximum atomic E-state index is 11.7. The summed E-state index contributed by atoms with van der Waals surface area (Å²) in [6.07, 6.45) is 0.815. The Kier molecular flexibility index (Phi) is 6.54. The van der Waals surface area contributed by atoms with Crippen molar-refractivity contribution < 1.29 is 14.7 Å². The SMILES string of the molecule is CC(C)Cc1nnc(NC(=O)NCC(C(=O)O)C(C)C)s1. The molecule has 0 radical (unpaired) electrons. The fourth-order valence-corrected chi connectivity index (χ4v) is 2.63. The number of rotatable bonds is 7. The van der Waals surface area contributed by atoms with Crippen LogP contribution in [0.2, 0.25) is 0 Å². The zero-order valence-electron chi connectivity index (χ0n) is 12.7. The van der Waals surface area contributed by atoms with Crippen molar-refractivity contribution in [1.82, 2.24) is 15.5 Å². The van der Waals surface area contributed by atoms with Crippen molar-refractivity contribution in [2.45, 2.75) is 34.1 Å². The van der Waals surface area contributed by atoms with Crippen LogP contribution in [0, 0.1) is 17.8 Å². The standard InChI is InChI=1S/C13H22N4O3S/c1-7(2)5-10-16-17-13(21-10)15-12(20)14-6-9(8(3)4)11(18)19/h7-9H,5-6H2,1-4H3,(H,18,19)(H2,14,15,17,20). The van der Waals surface area contributed by atoms with Crippen molar-refractivity contribution in [3.05, 3.63) is 5.01 Å². The Hall–Kier alpha value is -1.70. The van der Waals surface area contributed by atoms with Gasteiger partial charge in [-0.25, -0.2) is 4.79 Å². The predicted octanol–water partition coefficient (Wildman–Crippen LogP) is 2.21. The maximum absolute atomic E-state index is 11.7. The summed E-state index contributed by atoms with van der Waals surface area (Å²) in [5, 5.41) is 23.3. The van der Waals surface area contributed by atoms with Gasteiger partial charge in [-0.3, -0.25) is 10.1 Å². The molecule has 3 N–H and O–H groups in total. The van der Waals surface area contributed by atoms with Gasteiger partial charge in [0.25, 0.3) is 0 Å². The van der Waals surface area contributed by atoms with E-state index in [0.29, 0.717) is 11.0 Å². The van der Waals surface area contributed by atoms with Crippen molar-refractivity contribution in [1.29, 1.82) is 0 Å². The Labute approximate surface area is 128 Å². The molecule has 1 heterocycles. The van der Waals surface area contributed by atoms with Crippen LogP contribution in [-0.4, -0.2) is 33.8 Å². The van der Waals surface area contributed by atoms with Crippen LogP contribution in [0.25, 0.3) is 0 Å². The fourth-order valence-electron chi connectivity index (χ4n) is 1.69. The molecule has 1 aromatic rings. The molecule has 1 atom stereocenters. The number of urea groups is 1. The lowest BCUT2D eigenvalue weighted by Crippen LogP contribution is -2.37. The molecule has 0 bridgehead atoms. The molecule has 0 aromatic carbocycles. The fraction of sp³-hybridized carbons (Fsp3) is 0.692. The minimum atomic E-state index is -0.916. The molecule has 0 aliphatic heterocycles. The van der Waals surface area contributed by atoms with Crippen LogP contribution in [0.1, 0.15) is 32.7 Å². The van der Waals surface area contributed by atoms with Gasteiger partial charge in [0, 0.05) is 13.0 Å². The summed E-state index contributed by atoms with van der Waals surface area (Å²) in [6, 6.07) is -0.464. The molecular formula is C13H22N4O3S. The zero-order chi connectivity index (χ0) is 16.0. The summed E-state index contributed by atoms with van der Waals surface area (Å²) in [4.78, 5) is 22.7. The van der Waals surface area contributed by atoms with Crippen molar-refractivity contribution in [3.8, 4) is 0 Å². The maximum Gasteiger partial charge on any atom is 0.321 e. The smallest absolute Gasteiger partial charge is 0.321 e. The number of aromatic nitrogens is 2. The third kappa shape index (κ3) is 6.07. The number of carbonyl (C=O) groups excluding carboxylic acids is 1. The number of carboxylic acid groups (broad SMARTS) is 1. The first-order valence-corrected chi connectivity index (χ1v) is 7.71. The van der Waals surface area contributed by atoms with E-state index in [9.17, 15) is 9.59 Å². The van der Waals surface area contributed by atoms with Crippen LogP contribution >= 0.6 is 11.3 Å². The van der Waals surface area contributed by atoms with Gasteiger partial charge >= 0.3 is 12.0 Å². The van der Waals surface area contributed by atoms with E-state index in [1.165, 1.54) is 11.3 Å². The third-order valence-electron chi connectivity index (χ3n) is 2.87. The summed E-state index contributed by atoms with van der Waals surface area (Å²) in [5.41, 5.74) is 0. The first-order valence-electron chi connectivity index (χ1n) is 6.89. The Balaban J connectivity index is 2.46. The molecule has 0 aliphatic rings. The normalized spacial score (nSPS) is 12.5. The van der Waals surface area contributed by atoms with Crippen molar-refractivity contribution in [2.75, 3.05) is 11.9 Å². The Morgan fingerprint density at radius 3 is 2.43 bits per heavy atom. The molecule has 0 saturated carbocycles. The summed E-state index contributed by atoms with van der Waals surface area (Å²) in [7, 11) is 0. The van der Waals surface area contributed by atoms with E-state index in [1.54, 1.807) is 13.8 Å². The van der Waals surface area contributed by atoms with Crippen molar-refractivity contribution >= 4 is 28.5 Å². The molecule has 1 rings (SSSR count). The highest BCUT2D eigenvalue weighted by atomic mass is 32.1. The number of nitrogens with zero attached hydrogens (tertiary/aromatic N) is 2. The lowest BCUT2D eigenvalue weighted by atomic mass is 9.96. The van der Waals surface area contributed by atoms with Gasteiger partial charge in [0.15, 0.2) is 0 Å². The van der Waals surface area contributed by atoms with Gasteiger partial charge in [-0.1, -0.05) is 39.0 Å². The number of carbonyl (C=O) groups is 2. The Morgan fingerprint density at radius 1 is 1.24 bits per heavy atom. The summed E-state index contributed by atoms with van der Waals surface area (Å²) in [5.74, 6) is -1.11. The van der Waals surface area contributed by atoms with E-state index in [4.69, 9.17) is 5.11 Å². The van der Waals surface area contributed by atoms with Crippen molar-refractivity contribution in [3.63, 3.8) is 0 Å². The van der Waals surface area contributed by atoms with Crippen LogP contribution in [0.5, 0.6) is 0 Å². The predicted molar refractivity (Wildman–Crippen MR) is 81.4 cm³/mol. The molecule has 1 aromatic heterocycles. The van der Waals surface area contributed by atoms with Crippen LogP contribution in [0.15, 0.2) is 0 Å². The van der Waals surface area contributed by atoms with E-state index in [-0.39, 0.29) is 12.5 Å². The van der Waals surface area contributed by atoms with Crippen molar-refractivity contribution in [2.24, 2.45) is 17.8 Å². The third-order valence-corrected chi connectivity index (χ3v) is 3.74.